The molecule has 0 aromatic carbocycles. The molecule has 0 aromatic rings. The third-order valence-electron chi connectivity index (χ3n) is 1.78. The second kappa shape index (κ2) is 8.40. The Morgan fingerprint density at radius 1 is 1.67 bits per heavy atom. The minimum atomic E-state index is -0.834. The number of carboxylic acids is 1. The van der Waals surface area contributed by atoms with Crippen LogP contribution in [0.15, 0.2) is 12.7 Å². The van der Waals surface area contributed by atoms with Crippen LogP contribution in [0.2, 0.25) is 0 Å². The fraction of sp³-hybridized carbons (Fsp3) is 0.700. The van der Waals surface area contributed by atoms with Gasteiger partial charge >= 0.3 is 5.97 Å². The minimum absolute atomic E-state index is 0.0801. The normalized spacial score (nSPS) is 12.7. The van der Waals surface area contributed by atoms with Crippen molar-refractivity contribution >= 4 is 5.97 Å². The number of aliphatic hydroxyl groups is 1. The molecule has 1 unspecified atom stereocenters. The van der Waals surface area contributed by atoms with Crippen molar-refractivity contribution in [2.75, 3.05) is 33.4 Å². The smallest absolute Gasteiger partial charge is 0.304 e. The van der Waals surface area contributed by atoms with Gasteiger partial charge in [0.1, 0.15) is 0 Å². The van der Waals surface area contributed by atoms with Crippen LogP contribution < -0.4 is 0 Å². The van der Waals surface area contributed by atoms with Gasteiger partial charge in [-0.2, -0.15) is 0 Å². The topological polar surface area (TPSA) is 70.0 Å². The summed E-state index contributed by atoms with van der Waals surface area (Å²) in [5.41, 5.74) is 0. The summed E-state index contributed by atoms with van der Waals surface area (Å²) >= 11 is 0. The van der Waals surface area contributed by atoms with Crippen molar-refractivity contribution in [3.05, 3.63) is 12.7 Å². The number of rotatable bonds is 9. The van der Waals surface area contributed by atoms with Crippen LogP contribution in [0.3, 0.4) is 0 Å². The molecule has 2 N–H and O–H groups in total. The van der Waals surface area contributed by atoms with Gasteiger partial charge in [0.25, 0.3) is 0 Å². The number of carboxylic acid groups (broad SMARTS) is 1. The highest BCUT2D eigenvalue weighted by Crippen LogP contribution is 1.93. The zero-order valence-electron chi connectivity index (χ0n) is 9.06. The van der Waals surface area contributed by atoms with Crippen molar-refractivity contribution in [1.29, 1.82) is 0 Å². The fourth-order valence-electron chi connectivity index (χ4n) is 1.08. The number of nitrogens with zero attached hydrogens (tertiary/aromatic N) is 1. The largest absolute Gasteiger partial charge is 0.481 e. The molecule has 0 saturated heterocycles. The van der Waals surface area contributed by atoms with Crippen molar-refractivity contribution in [1.82, 2.24) is 4.90 Å². The molecular weight excluding hydrogens is 198 g/mol. The summed E-state index contributed by atoms with van der Waals surface area (Å²) in [5, 5.41) is 17.9. The summed E-state index contributed by atoms with van der Waals surface area (Å²) in [4.78, 5) is 12.0. The number of hydrogen-bond acceptors (Lipinski definition) is 4. The van der Waals surface area contributed by atoms with Crippen LogP contribution in [0, 0.1) is 0 Å². The van der Waals surface area contributed by atoms with E-state index in [2.05, 4.69) is 6.58 Å². The van der Waals surface area contributed by atoms with E-state index in [0.717, 1.165) is 0 Å². The quantitative estimate of drug-likeness (QED) is 0.419. The number of likely N-dealkylation sites (N-methyl/N-ethyl adjacent to an activating group) is 1. The van der Waals surface area contributed by atoms with E-state index in [4.69, 9.17) is 9.84 Å². The third kappa shape index (κ3) is 9.40. The molecule has 0 fully saturated rings. The van der Waals surface area contributed by atoms with Crippen LogP contribution in [-0.4, -0.2) is 60.5 Å². The lowest BCUT2D eigenvalue weighted by atomic mass is 10.3. The average Bonchev–Trinajstić information content (AvgIpc) is 2.15. The number of aliphatic carboxylic acids is 1. The van der Waals surface area contributed by atoms with E-state index in [0.29, 0.717) is 19.7 Å². The lowest BCUT2D eigenvalue weighted by Crippen LogP contribution is -2.33. The van der Waals surface area contributed by atoms with E-state index in [1.165, 1.54) is 0 Å². The highest BCUT2D eigenvalue weighted by Gasteiger charge is 2.09. The summed E-state index contributed by atoms with van der Waals surface area (Å²) in [6, 6.07) is 0. The van der Waals surface area contributed by atoms with Crippen molar-refractivity contribution in [3.8, 4) is 0 Å². The van der Waals surface area contributed by atoms with Crippen LogP contribution in [0.25, 0.3) is 0 Å². The molecule has 0 bridgehead atoms. The third-order valence-corrected chi connectivity index (χ3v) is 1.78. The first-order valence-electron chi connectivity index (χ1n) is 4.83. The predicted octanol–water partition coefficient (Wildman–Crippen LogP) is -0.0436. The molecule has 0 heterocycles. The predicted molar refractivity (Wildman–Crippen MR) is 56.8 cm³/mol. The van der Waals surface area contributed by atoms with Crippen molar-refractivity contribution in [3.63, 3.8) is 0 Å². The van der Waals surface area contributed by atoms with Gasteiger partial charge in [0.2, 0.25) is 0 Å². The van der Waals surface area contributed by atoms with Gasteiger partial charge in [0.15, 0.2) is 0 Å². The summed E-state index contributed by atoms with van der Waals surface area (Å²) in [5.74, 6) is -0.834. The Morgan fingerprint density at radius 3 is 2.87 bits per heavy atom. The van der Waals surface area contributed by atoms with Crippen LogP contribution >= 0.6 is 0 Å². The molecule has 0 aliphatic heterocycles. The number of ether oxygens (including phenoxy) is 1. The second-order valence-corrected chi connectivity index (χ2v) is 3.39. The standard InChI is InChI=1S/C10H19NO4/c1-3-6-15-8-9(12)7-11(2)5-4-10(13)14/h3,9,12H,1,4-8H2,2H3,(H,13,14). The summed E-state index contributed by atoms with van der Waals surface area (Å²) in [7, 11) is 1.76. The Balaban J connectivity index is 3.52. The average molecular weight is 217 g/mol. The van der Waals surface area contributed by atoms with E-state index >= 15 is 0 Å². The Labute approximate surface area is 90.0 Å². The van der Waals surface area contributed by atoms with E-state index in [9.17, 15) is 9.90 Å². The number of carbonyl (C=O) groups is 1. The van der Waals surface area contributed by atoms with Crippen LogP contribution in [0.5, 0.6) is 0 Å². The van der Waals surface area contributed by atoms with Gasteiger partial charge in [-0.15, -0.1) is 6.58 Å². The number of aliphatic hydroxyl groups excluding tert-OH is 1. The first-order valence-corrected chi connectivity index (χ1v) is 4.83. The highest BCUT2D eigenvalue weighted by atomic mass is 16.5. The van der Waals surface area contributed by atoms with Crippen LogP contribution in [0.4, 0.5) is 0 Å². The maximum absolute atomic E-state index is 10.3. The Morgan fingerprint density at radius 2 is 2.33 bits per heavy atom. The van der Waals surface area contributed by atoms with Gasteiger partial charge in [-0.1, -0.05) is 6.08 Å². The molecule has 0 aliphatic rings. The lowest BCUT2D eigenvalue weighted by molar-refractivity contribution is -0.137. The fourth-order valence-corrected chi connectivity index (χ4v) is 1.08. The Hall–Kier alpha value is -0.910. The monoisotopic (exact) mass is 217 g/mol. The first-order chi connectivity index (χ1) is 7.06. The van der Waals surface area contributed by atoms with E-state index in [1.54, 1.807) is 18.0 Å². The van der Waals surface area contributed by atoms with Crippen molar-refractivity contribution in [2.24, 2.45) is 0 Å². The maximum atomic E-state index is 10.3. The van der Waals surface area contributed by atoms with Gasteiger partial charge in [0, 0.05) is 13.1 Å². The number of hydrogen-bond donors (Lipinski definition) is 2. The Bertz CT molecular complexity index is 196. The van der Waals surface area contributed by atoms with Gasteiger partial charge in [-0.3, -0.25) is 4.79 Å². The molecule has 0 aliphatic carbocycles. The van der Waals surface area contributed by atoms with E-state index in [-0.39, 0.29) is 13.0 Å². The molecular formula is C10H19NO4. The van der Waals surface area contributed by atoms with E-state index in [1.807, 2.05) is 0 Å². The first kappa shape index (κ1) is 14.1. The second-order valence-electron chi connectivity index (χ2n) is 3.39. The molecule has 0 aromatic heterocycles. The summed E-state index contributed by atoms with van der Waals surface area (Å²) in [6.07, 6.45) is 1.10. The zero-order chi connectivity index (χ0) is 11.7. The maximum Gasteiger partial charge on any atom is 0.304 e. The van der Waals surface area contributed by atoms with Crippen molar-refractivity contribution in [2.45, 2.75) is 12.5 Å². The van der Waals surface area contributed by atoms with Crippen molar-refractivity contribution < 1.29 is 19.7 Å². The summed E-state index contributed by atoms with van der Waals surface area (Å²) in [6.45, 7) is 4.97. The minimum Gasteiger partial charge on any atom is -0.481 e. The highest BCUT2D eigenvalue weighted by molar-refractivity contribution is 5.66. The molecule has 0 saturated carbocycles. The molecule has 88 valence electrons. The molecule has 0 spiro atoms. The molecule has 0 amide bonds. The van der Waals surface area contributed by atoms with Gasteiger partial charge in [-0.05, 0) is 7.05 Å². The van der Waals surface area contributed by atoms with Gasteiger partial charge in [-0.25, -0.2) is 0 Å². The molecule has 5 heteroatoms. The van der Waals surface area contributed by atoms with E-state index < -0.39 is 12.1 Å². The Kier molecular flexibility index (Phi) is 7.89. The molecule has 0 radical (unpaired) electrons. The van der Waals surface area contributed by atoms with Crippen LogP contribution in [-0.2, 0) is 9.53 Å². The zero-order valence-corrected chi connectivity index (χ0v) is 9.06. The lowest BCUT2D eigenvalue weighted by Gasteiger charge is -2.19. The molecule has 1 atom stereocenters. The molecule has 15 heavy (non-hydrogen) atoms. The van der Waals surface area contributed by atoms with Crippen LogP contribution in [0.1, 0.15) is 6.42 Å². The SMILES string of the molecule is C=CCOCC(O)CN(C)CCC(=O)O. The summed E-state index contributed by atoms with van der Waals surface area (Å²) < 4.78 is 5.06. The molecule has 5 nitrogen and oxygen atoms in total. The van der Waals surface area contributed by atoms with Gasteiger partial charge in [0.05, 0.1) is 25.7 Å². The van der Waals surface area contributed by atoms with Gasteiger partial charge < -0.3 is 19.8 Å². The molecule has 0 rings (SSSR count).